The number of hydrogen-bond acceptors (Lipinski definition) is 6. The molecular formula is C21H21FN4O3S. The second-order valence-corrected chi connectivity index (χ2v) is 8.77. The van der Waals surface area contributed by atoms with Crippen molar-refractivity contribution in [3.63, 3.8) is 0 Å². The first kappa shape index (κ1) is 20.2. The summed E-state index contributed by atoms with van der Waals surface area (Å²) in [5.74, 6) is 0.00417. The number of hydrogen-bond donors (Lipinski definition) is 0. The molecular weight excluding hydrogens is 407 g/mol. The van der Waals surface area contributed by atoms with Gasteiger partial charge in [0.25, 0.3) is 0 Å². The van der Waals surface area contributed by atoms with Gasteiger partial charge in [-0.05, 0) is 30.3 Å². The third-order valence-corrected chi connectivity index (χ3v) is 6.94. The maximum atomic E-state index is 14.0. The van der Waals surface area contributed by atoms with Crippen LogP contribution in [0.25, 0.3) is 11.3 Å². The van der Waals surface area contributed by atoms with Gasteiger partial charge >= 0.3 is 0 Å². The van der Waals surface area contributed by atoms with Crippen molar-refractivity contribution in [1.82, 2.24) is 14.5 Å². The summed E-state index contributed by atoms with van der Waals surface area (Å²) < 4.78 is 45.9. The van der Waals surface area contributed by atoms with E-state index in [1.54, 1.807) is 0 Å². The topological polar surface area (TPSA) is 75.6 Å². The molecule has 156 valence electrons. The summed E-state index contributed by atoms with van der Waals surface area (Å²) >= 11 is 0. The zero-order valence-electron chi connectivity index (χ0n) is 16.4. The van der Waals surface area contributed by atoms with Gasteiger partial charge in [-0.25, -0.2) is 12.8 Å². The minimum atomic E-state index is -3.78. The van der Waals surface area contributed by atoms with Crippen molar-refractivity contribution in [2.45, 2.75) is 4.90 Å². The quantitative estimate of drug-likeness (QED) is 0.622. The normalized spacial score (nSPS) is 15.2. The van der Waals surface area contributed by atoms with E-state index < -0.39 is 15.8 Å². The molecule has 4 rings (SSSR count). The number of aromatic nitrogens is 2. The van der Waals surface area contributed by atoms with Crippen molar-refractivity contribution in [2.75, 3.05) is 38.2 Å². The highest BCUT2D eigenvalue weighted by atomic mass is 32.2. The van der Waals surface area contributed by atoms with Crippen LogP contribution < -0.4 is 9.64 Å². The zero-order valence-corrected chi connectivity index (χ0v) is 17.2. The fourth-order valence-corrected chi connectivity index (χ4v) is 4.81. The molecule has 2 heterocycles. The molecule has 0 bridgehead atoms. The van der Waals surface area contributed by atoms with E-state index in [0.29, 0.717) is 18.9 Å². The van der Waals surface area contributed by atoms with Crippen molar-refractivity contribution < 1.29 is 17.5 Å². The molecule has 1 aromatic heterocycles. The standard InChI is InChI=1S/C21H21FN4O3S/c1-29-20-9-7-17(15-18(20)22)30(27,28)26-13-11-25(12-14-26)21-10-8-19(23-24-21)16-5-3-2-4-6-16/h2-10,15H,11-14H2,1H3. The van der Waals surface area contributed by atoms with Gasteiger partial charge in [0, 0.05) is 31.7 Å². The Hall–Kier alpha value is -3.04. The van der Waals surface area contributed by atoms with Crippen LogP contribution in [-0.2, 0) is 10.0 Å². The number of nitrogens with zero attached hydrogens (tertiary/aromatic N) is 4. The fourth-order valence-electron chi connectivity index (χ4n) is 3.37. The van der Waals surface area contributed by atoms with Crippen LogP contribution in [0, 0.1) is 5.82 Å². The average molecular weight is 428 g/mol. The van der Waals surface area contributed by atoms with Gasteiger partial charge in [-0.2, -0.15) is 4.31 Å². The third-order valence-electron chi connectivity index (χ3n) is 5.04. The lowest BCUT2D eigenvalue weighted by Crippen LogP contribution is -2.49. The second kappa shape index (κ2) is 8.37. The molecule has 0 atom stereocenters. The Bertz CT molecular complexity index is 1120. The van der Waals surface area contributed by atoms with Crippen LogP contribution in [-0.4, -0.2) is 56.2 Å². The molecule has 0 radical (unpaired) electrons. The minimum Gasteiger partial charge on any atom is -0.494 e. The van der Waals surface area contributed by atoms with E-state index in [9.17, 15) is 12.8 Å². The summed E-state index contributed by atoms with van der Waals surface area (Å²) in [6.07, 6.45) is 0. The lowest BCUT2D eigenvalue weighted by Gasteiger charge is -2.34. The monoisotopic (exact) mass is 428 g/mol. The predicted octanol–water partition coefficient (Wildman–Crippen LogP) is 2.80. The average Bonchev–Trinajstić information content (AvgIpc) is 2.80. The number of methoxy groups -OCH3 is 1. The summed E-state index contributed by atoms with van der Waals surface area (Å²) in [7, 11) is -2.45. The van der Waals surface area contributed by atoms with E-state index in [2.05, 4.69) is 10.2 Å². The molecule has 30 heavy (non-hydrogen) atoms. The molecule has 0 unspecified atom stereocenters. The maximum Gasteiger partial charge on any atom is 0.243 e. The van der Waals surface area contributed by atoms with Crippen LogP contribution in [0.1, 0.15) is 0 Å². The fraction of sp³-hybridized carbons (Fsp3) is 0.238. The molecule has 0 aliphatic carbocycles. The zero-order chi connectivity index (χ0) is 21.1. The number of rotatable bonds is 5. The van der Waals surface area contributed by atoms with E-state index in [1.807, 2.05) is 47.4 Å². The Kier molecular flexibility index (Phi) is 5.65. The van der Waals surface area contributed by atoms with Crippen LogP contribution in [0.3, 0.4) is 0 Å². The Morgan fingerprint density at radius 3 is 2.27 bits per heavy atom. The number of piperazine rings is 1. The predicted molar refractivity (Wildman–Crippen MR) is 111 cm³/mol. The largest absolute Gasteiger partial charge is 0.494 e. The Balaban J connectivity index is 1.44. The highest BCUT2D eigenvalue weighted by Crippen LogP contribution is 2.25. The molecule has 7 nitrogen and oxygen atoms in total. The van der Waals surface area contributed by atoms with Gasteiger partial charge in [0.15, 0.2) is 17.4 Å². The molecule has 0 spiro atoms. The number of halogens is 1. The lowest BCUT2D eigenvalue weighted by atomic mass is 10.1. The summed E-state index contributed by atoms with van der Waals surface area (Å²) in [5, 5.41) is 8.59. The van der Waals surface area contributed by atoms with Crippen LogP contribution >= 0.6 is 0 Å². The Morgan fingerprint density at radius 2 is 1.67 bits per heavy atom. The Morgan fingerprint density at radius 1 is 0.933 bits per heavy atom. The molecule has 9 heteroatoms. The van der Waals surface area contributed by atoms with Gasteiger partial charge in [0.1, 0.15) is 0 Å². The second-order valence-electron chi connectivity index (χ2n) is 6.83. The SMILES string of the molecule is COc1ccc(S(=O)(=O)N2CCN(c3ccc(-c4ccccc4)nn3)CC2)cc1F. The molecule has 1 aliphatic heterocycles. The number of sulfonamides is 1. The van der Waals surface area contributed by atoms with Crippen molar-refractivity contribution in [2.24, 2.45) is 0 Å². The van der Waals surface area contributed by atoms with Gasteiger partial charge in [-0.15, -0.1) is 10.2 Å². The maximum absolute atomic E-state index is 14.0. The number of benzene rings is 2. The van der Waals surface area contributed by atoms with Gasteiger partial charge in [0.05, 0.1) is 17.7 Å². The van der Waals surface area contributed by atoms with Gasteiger partial charge in [-0.1, -0.05) is 30.3 Å². The first-order chi connectivity index (χ1) is 14.5. The molecule has 0 saturated carbocycles. The van der Waals surface area contributed by atoms with Gasteiger partial charge in [-0.3, -0.25) is 0 Å². The molecule has 2 aromatic carbocycles. The van der Waals surface area contributed by atoms with Gasteiger partial charge < -0.3 is 9.64 Å². The number of anilines is 1. The van der Waals surface area contributed by atoms with E-state index in [0.717, 1.165) is 17.3 Å². The molecule has 3 aromatic rings. The van der Waals surface area contributed by atoms with E-state index in [1.165, 1.54) is 23.5 Å². The summed E-state index contributed by atoms with van der Waals surface area (Å²) in [4.78, 5) is 1.91. The summed E-state index contributed by atoms with van der Waals surface area (Å²) in [5.41, 5.74) is 1.77. The molecule has 1 saturated heterocycles. The van der Waals surface area contributed by atoms with Crippen molar-refractivity contribution >= 4 is 15.8 Å². The van der Waals surface area contributed by atoms with E-state index >= 15 is 0 Å². The third kappa shape index (κ3) is 3.99. The van der Waals surface area contributed by atoms with E-state index in [-0.39, 0.29) is 23.7 Å². The van der Waals surface area contributed by atoms with Crippen LogP contribution in [0.5, 0.6) is 5.75 Å². The van der Waals surface area contributed by atoms with Crippen molar-refractivity contribution in [3.05, 3.63) is 66.5 Å². The molecule has 0 N–H and O–H groups in total. The summed E-state index contributed by atoms with van der Waals surface area (Å²) in [6.45, 7) is 1.49. The van der Waals surface area contributed by atoms with E-state index in [4.69, 9.17) is 4.74 Å². The molecule has 1 aliphatic rings. The number of ether oxygens (including phenoxy) is 1. The lowest BCUT2D eigenvalue weighted by molar-refractivity contribution is 0.379. The van der Waals surface area contributed by atoms with Crippen LogP contribution in [0.15, 0.2) is 65.6 Å². The first-order valence-electron chi connectivity index (χ1n) is 9.47. The molecule has 1 fully saturated rings. The minimum absolute atomic E-state index is 0.0105. The van der Waals surface area contributed by atoms with Crippen molar-refractivity contribution in [1.29, 1.82) is 0 Å². The highest BCUT2D eigenvalue weighted by Gasteiger charge is 2.29. The molecule has 0 amide bonds. The van der Waals surface area contributed by atoms with Gasteiger partial charge in [0.2, 0.25) is 10.0 Å². The smallest absolute Gasteiger partial charge is 0.243 e. The Labute approximate surface area is 174 Å². The van der Waals surface area contributed by atoms with Crippen LogP contribution in [0.4, 0.5) is 10.2 Å². The highest BCUT2D eigenvalue weighted by molar-refractivity contribution is 7.89. The summed E-state index contributed by atoms with van der Waals surface area (Å²) in [6, 6.07) is 17.2. The first-order valence-corrected chi connectivity index (χ1v) is 10.9. The van der Waals surface area contributed by atoms with Crippen molar-refractivity contribution in [3.8, 4) is 17.0 Å². The van der Waals surface area contributed by atoms with Crippen LogP contribution in [0.2, 0.25) is 0 Å².